The molecule has 0 saturated heterocycles. The molecule has 0 bridgehead atoms. The van der Waals surface area contributed by atoms with Crippen molar-refractivity contribution < 1.29 is 4.39 Å². The van der Waals surface area contributed by atoms with Gasteiger partial charge in [0.1, 0.15) is 0 Å². The quantitative estimate of drug-likeness (QED) is 0.481. The average molecular weight is 165 g/mol. The van der Waals surface area contributed by atoms with Crippen LogP contribution in [-0.2, 0) is 0 Å². The van der Waals surface area contributed by atoms with Crippen molar-refractivity contribution in [2.75, 3.05) is 19.3 Å². The Morgan fingerprint density at radius 3 is 2.60 bits per heavy atom. The predicted molar refractivity (Wildman–Crippen MR) is 46.3 cm³/mol. The van der Waals surface area contributed by atoms with Crippen LogP contribution in [-0.4, -0.2) is 30.5 Å². The Kier molecular flexibility index (Phi) is 6.13. The summed E-state index contributed by atoms with van der Waals surface area (Å²) in [6, 6.07) is 0. The van der Waals surface area contributed by atoms with Gasteiger partial charge in [-0.15, -0.1) is 0 Å². The van der Waals surface area contributed by atoms with Gasteiger partial charge in [0.2, 0.25) is 0 Å². The lowest BCUT2D eigenvalue weighted by atomic mass is 10.3. The Bertz CT molecular complexity index is 70.0. The van der Waals surface area contributed by atoms with Crippen molar-refractivity contribution >= 4 is 12.6 Å². The summed E-state index contributed by atoms with van der Waals surface area (Å²) in [6.45, 7) is 2.71. The zero-order valence-corrected chi connectivity index (χ0v) is 7.57. The van der Waals surface area contributed by atoms with Gasteiger partial charge in [-0.25, -0.2) is 4.39 Å². The first-order chi connectivity index (χ1) is 4.72. The zero-order chi connectivity index (χ0) is 7.98. The molecule has 0 rings (SSSR count). The highest BCUT2D eigenvalue weighted by molar-refractivity contribution is 7.80. The van der Waals surface area contributed by atoms with Gasteiger partial charge < -0.3 is 0 Å². The van der Waals surface area contributed by atoms with Crippen molar-refractivity contribution in [2.24, 2.45) is 0 Å². The molecule has 0 fully saturated rings. The van der Waals surface area contributed by atoms with Crippen molar-refractivity contribution in [3.8, 4) is 0 Å². The maximum Gasteiger partial charge on any atom is 0.153 e. The predicted octanol–water partition coefficient (Wildman–Crippen LogP) is 1.94. The van der Waals surface area contributed by atoms with Gasteiger partial charge >= 0.3 is 0 Å². The molecule has 0 aliphatic carbocycles. The average Bonchev–Trinajstić information content (AvgIpc) is 1.89. The van der Waals surface area contributed by atoms with Crippen LogP contribution in [0, 0.1) is 0 Å². The lowest BCUT2D eigenvalue weighted by Crippen LogP contribution is -2.29. The standard InChI is InChI=1S/C7H16FNS/c1-3-4-7(8)9(2)5-6-10/h7,10H,3-6H2,1-2H3. The summed E-state index contributed by atoms with van der Waals surface area (Å²) in [4.78, 5) is 1.69. The van der Waals surface area contributed by atoms with Crippen LogP contribution in [0.1, 0.15) is 19.8 Å². The van der Waals surface area contributed by atoms with E-state index >= 15 is 0 Å². The van der Waals surface area contributed by atoms with E-state index < -0.39 is 6.30 Å². The third-order valence-corrected chi connectivity index (χ3v) is 1.66. The molecule has 0 radical (unpaired) electrons. The number of hydrogen-bond acceptors (Lipinski definition) is 2. The lowest BCUT2D eigenvalue weighted by molar-refractivity contribution is 0.107. The van der Waals surface area contributed by atoms with Crippen LogP contribution < -0.4 is 0 Å². The summed E-state index contributed by atoms with van der Waals surface area (Å²) in [7, 11) is 1.79. The van der Waals surface area contributed by atoms with Crippen molar-refractivity contribution in [2.45, 2.75) is 26.1 Å². The second-order valence-electron chi connectivity index (χ2n) is 2.43. The first kappa shape index (κ1) is 10.2. The van der Waals surface area contributed by atoms with E-state index in [0.717, 1.165) is 18.7 Å². The molecule has 0 N–H and O–H groups in total. The number of thiol groups is 1. The normalized spacial score (nSPS) is 14.1. The summed E-state index contributed by atoms with van der Waals surface area (Å²) < 4.78 is 12.9. The van der Waals surface area contributed by atoms with Crippen molar-refractivity contribution in [3.05, 3.63) is 0 Å². The van der Waals surface area contributed by atoms with E-state index in [4.69, 9.17) is 0 Å². The Labute approximate surface area is 68.0 Å². The smallest absolute Gasteiger partial charge is 0.153 e. The summed E-state index contributed by atoms with van der Waals surface area (Å²) >= 11 is 4.01. The van der Waals surface area contributed by atoms with Crippen LogP contribution in [0.2, 0.25) is 0 Å². The van der Waals surface area contributed by atoms with Crippen LogP contribution in [0.15, 0.2) is 0 Å². The van der Waals surface area contributed by atoms with E-state index in [9.17, 15) is 4.39 Å². The molecule has 10 heavy (non-hydrogen) atoms. The Morgan fingerprint density at radius 1 is 1.60 bits per heavy atom. The first-order valence-electron chi connectivity index (χ1n) is 3.67. The maximum atomic E-state index is 12.9. The molecule has 1 unspecified atom stereocenters. The van der Waals surface area contributed by atoms with Gasteiger partial charge in [-0.3, -0.25) is 4.90 Å². The molecule has 0 amide bonds. The van der Waals surface area contributed by atoms with Gasteiger partial charge in [0.05, 0.1) is 0 Å². The number of halogens is 1. The largest absolute Gasteiger partial charge is 0.276 e. The molecule has 0 aromatic heterocycles. The van der Waals surface area contributed by atoms with Crippen molar-refractivity contribution in [3.63, 3.8) is 0 Å². The topological polar surface area (TPSA) is 3.24 Å². The molecule has 0 aliphatic rings. The van der Waals surface area contributed by atoms with Gasteiger partial charge in [0.15, 0.2) is 6.30 Å². The minimum absolute atomic E-state index is 0.629. The zero-order valence-electron chi connectivity index (χ0n) is 6.68. The van der Waals surface area contributed by atoms with Crippen molar-refractivity contribution in [1.29, 1.82) is 0 Å². The minimum Gasteiger partial charge on any atom is -0.276 e. The maximum absolute atomic E-state index is 12.9. The number of rotatable bonds is 5. The second kappa shape index (κ2) is 5.98. The van der Waals surface area contributed by atoms with Gasteiger partial charge in [-0.2, -0.15) is 12.6 Å². The fraction of sp³-hybridized carbons (Fsp3) is 1.00. The third-order valence-electron chi connectivity index (χ3n) is 1.46. The first-order valence-corrected chi connectivity index (χ1v) is 4.30. The molecule has 1 atom stereocenters. The van der Waals surface area contributed by atoms with Crippen LogP contribution in [0.5, 0.6) is 0 Å². The Morgan fingerprint density at radius 2 is 2.20 bits per heavy atom. The number of hydrogen-bond donors (Lipinski definition) is 1. The molecular formula is C7H16FNS. The van der Waals surface area contributed by atoms with Crippen LogP contribution in [0.25, 0.3) is 0 Å². The van der Waals surface area contributed by atoms with E-state index in [1.54, 1.807) is 11.9 Å². The highest BCUT2D eigenvalue weighted by atomic mass is 32.1. The van der Waals surface area contributed by atoms with Gasteiger partial charge in [-0.05, 0) is 13.5 Å². The van der Waals surface area contributed by atoms with Gasteiger partial charge in [0, 0.05) is 12.3 Å². The highest BCUT2D eigenvalue weighted by Gasteiger charge is 2.09. The van der Waals surface area contributed by atoms with Gasteiger partial charge in [0.25, 0.3) is 0 Å². The monoisotopic (exact) mass is 165 g/mol. The lowest BCUT2D eigenvalue weighted by Gasteiger charge is -2.19. The molecule has 0 saturated carbocycles. The van der Waals surface area contributed by atoms with Crippen LogP contribution in [0.3, 0.4) is 0 Å². The van der Waals surface area contributed by atoms with E-state index in [2.05, 4.69) is 12.6 Å². The summed E-state index contributed by atoms with van der Waals surface area (Å²) in [5.74, 6) is 0.723. The molecule has 62 valence electrons. The molecule has 0 aromatic carbocycles. The van der Waals surface area contributed by atoms with Gasteiger partial charge in [-0.1, -0.05) is 13.3 Å². The number of nitrogens with zero attached hydrogens (tertiary/aromatic N) is 1. The van der Waals surface area contributed by atoms with E-state index in [1.165, 1.54) is 0 Å². The molecule has 0 aromatic rings. The fourth-order valence-corrected chi connectivity index (χ4v) is 1.07. The van der Waals surface area contributed by atoms with Crippen LogP contribution in [0.4, 0.5) is 4.39 Å². The van der Waals surface area contributed by atoms with E-state index in [0.29, 0.717) is 6.42 Å². The molecule has 0 spiro atoms. The van der Waals surface area contributed by atoms with E-state index in [1.807, 2.05) is 6.92 Å². The minimum atomic E-state index is -0.780. The molecule has 0 aliphatic heterocycles. The molecule has 3 heteroatoms. The molecular weight excluding hydrogens is 149 g/mol. The fourth-order valence-electron chi connectivity index (χ4n) is 0.756. The Balaban J connectivity index is 3.38. The van der Waals surface area contributed by atoms with E-state index in [-0.39, 0.29) is 0 Å². The summed E-state index contributed by atoms with van der Waals surface area (Å²) in [5, 5.41) is 0. The van der Waals surface area contributed by atoms with Crippen LogP contribution >= 0.6 is 12.6 Å². The summed E-state index contributed by atoms with van der Waals surface area (Å²) in [6.07, 6.45) is 0.750. The second-order valence-corrected chi connectivity index (χ2v) is 2.87. The Hall–Kier alpha value is 0.240. The molecule has 0 heterocycles. The SMILES string of the molecule is CCCC(F)N(C)CCS. The number of alkyl halides is 1. The third kappa shape index (κ3) is 4.12. The highest BCUT2D eigenvalue weighted by Crippen LogP contribution is 2.05. The molecule has 1 nitrogen and oxygen atoms in total. The van der Waals surface area contributed by atoms with Crippen molar-refractivity contribution in [1.82, 2.24) is 4.90 Å². The summed E-state index contributed by atoms with van der Waals surface area (Å²) in [5.41, 5.74) is 0.